The van der Waals surface area contributed by atoms with Gasteiger partial charge in [-0.1, -0.05) is 18.2 Å². The molecule has 1 unspecified atom stereocenters. The monoisotopic (exact) mass is 390 g/mol. The topological polar surface area (TPSA) is 87.7 Å². The minimum absolute atomic E-state index is 0.0109. The molecule has 2 aromatic rings. The SMILES string of the molecule is N#CC1=C(N)Oc2n[nH]c(C34CC5CC(CC(C5)C3)C4)c2C1c1ccccc1F. The Balaban J connectivity index is 1.55. The molecule has 0 amide bonds. The highest BCUT2D eigenvalue weighted by molar-refractivity contribution is 5.57. The zero-order valence-electron chi connectivity index (χ0n) is 16.1. The van der Waals surface area contributed by atoms with Crippen LogP contribution in [-0.2, 0) is 5.41 Å². The summed E-state index contributed by atoms with van der Waals surface area (Å²) in [5, 5.41) is 17.6. The number of halogens is 1. The van der Waals surface area contributed by atoms with Gasteiger partial charge in [-0.05, 0) is 62.3 Å². The number of rotatable bonds is 2. The van der Waals surface area contributed by atoms with Gasteiger partial charge in [-0.25, -0.2) is 4.39 Å². The second-order valence-electron chi connectivity index (χ2n) is 9.46. The van der Waals surface area contributed by atoms with E-state index >= 15 is 0 Å². The number of hydrogen-bond acceptors (Lipinski definition) is 4. The smallest absolute Gasteiger partial charge is 0.244 e. The summed E-state index contributed by atoms with van der Waals surface area (Å²) in [5.74, 6) is 1.74. The number of nitrogens with zero attached hydrogens (tertiary/aromatic N) is 2. The number of aromatic nitrogens is 2. The van der Waals surface area contributed by atoms with Crippen molar-refractivity contribution in [3.63, 3.8) is 0 Å². The van der Waals surface area contributed by atoms with Crippen LogP contribution in [0.2, 0.25) is 0 Å². The third kappa shape index (κ3) is 2.33. The molecule has 0 radical (unpaired) electrons. The number of aromatic amines is 1. The van der Waals surface area contributed by atoms with Crippen molar-refractivity contribution in [2.24, 2.45) is 23.5 Å². The van der Waals surface area contributed by atoms with E-state index in [0.717, 1.165) is 48.3 Å². The van der Waals surface area contributed by atoms with Crippen molar-refractivity contribution in [1.29, 1.82) is 5.26 Å². The molecular formula is C23H23FN4O. The van der Waals surface area contributed by atoms with E-state index in [1.165, 1.54) is 25.3 Å². The molecule has 7 rings (SSSR count). The van der Waals surface area contributed by atoms with Gasteiger partial charge >= 0.3 is 0 Å². The summed E-state index contributed by atoms with van der Waals surface area (Å²) in [7, 11) is 0. The van der Waals surface area contributed by atoms with Crippen LogP contribution in [0.3, 0.4) is 0 Å². The van der Waals surface area contributed by atoms with Crippen molar-refractivity contribution in [3.8, 4) is 11.9 Å². The van der Waals surface area contributed by atoms with E-state index in [1.807, 2.05) is 0 Å². The third-order valence-corrected chi connectivity index (χ3v) is 7.72. The average Bonchev–Trinajstić information content (AvgIpc) is 3.10. The fourth-order valence-corrected chi connectivity index (χ4v) is 7.09. The molecule has 148 valence electrons. The molecule has 0 saturated heterocycles. The van der Waals surface area contributed by atoms with Gasteiger partial charge in [0.1, 0.15) is 17.5 Å². The summed E-state index contributed by atoms with van der Waals surface area (Å²) >= 11 is 0. The van der Waals surface area contributed by atoms with Crippen molar-refractivity contribution in [3.05, 3.63) is 58.4 Å². The molecule has 0 spiro atoms. The fourth-order valence-electron chi connectivity index (χ4n) is 7.09. The molecule has 1 aromatic carbocycles. The molecule has 3 N–H and O–H groups in total. The van der Waals surface area contributed by atoms with Gasteiger partial charge in [0, 0.05) is 16.7 Å². The molecule has 4 aliphatic carbocycles. The summed E-state index contributed by atoms with van der Waals surface area (Å²) in [6.07, 6.45) is 7.41. The van der Waals surface area contributed by atoms with Gasteiger partial charge < -0.3 is 10.5 Å². The largest absolute Gasteiger partial charge is 0.420 e. The van der Waals surface area contributed by atoms with Crippen molar-refractivity contribution in [1.82, 2.24) is 10.2 Å². The first-order valence-corrected chi connectivity index (χ1v) is 10.5. The van der Waals surface area contributed by atoms with E-state index in [9.17, 15) is 9.65 Å². The van der Waals surface area contributed by atoms with Crippen LogP contribution in [0.5, 0.6) is 5.88 Å². The zero-order chi connectivity index (χ0) is 19.8. The van der Waals surface area contributed by atoms with Crippen molar-refractivity contribution < 1.29 is 9.13 Å². The Labute approximate surface area is 168 Å². The molecule has 29 heavy (non-hydrogen) atoms. The first-order chi connectivity index (χ1) is 14.1. The van der Waals surface area contributed by atoms with Crippen molar-refractivity contribution in [2.75, 3.05) is 0 Å². The lowest BCUT2D eigenvalue weighted by Gasteiger charge is -2.56. The minimum Gasteiger partial charge on any atom is -0.420 e. The zero-order valence-corrected chi connectivity index (χ0v) is 16.1. The number of nitrogens with one attached hydrogen (secondary N) is 1. The lowest BCUT2D eigenvalue weighted by molar-refractivity contribution is -0.00768. The number of ether oxygens (including phenoxy) is 1. The van der Waals surface area contributed by atoms with E-state index < -0.39 is 5.92 Å². The van der Waals surface area contributed by atoms with Crippen LogP contribution in [0.1, 0.15) is 61.3 Å². The third-order valence-electron chi connectivity index (χ3n) is 7.72. The molecule has 2 heterocycles. The Kier molecular flexibility index (Phi) is 3.45. The summed E-state index contributed by atoms with van der Waals surface area (Å²) in [5.41, 5.74) is 8.64. The molecule has 6 heteroatoms. The maximum Gasteiger partial charge on any atom is 0.244 e. The van der Waals surface area contributed by atoms with Gasteiger partial charge in [0.15, 0.2) is 0 Å². The number of nitriles is 1. The summed E-state index contributed by atoms with van der Waals surface area (Å²) in [4.78, 5) is 0. The van der Waals surface area contributed by atoms with Gasteiger partial charge in [-0.15, -0.1) is 5.10 Å². The Morgan fingerprint density at radius 1 is 1.14 bits per heavy atom. The van der Waals surface area contributed by atoms with E-state index in [1.54, 1.807) is 18.2 Å². The van der Waals surface area contributed by atoms with Gasteiger partial charge in [0.25, 0.3) is 0 Å². The number of benzene rings is 1. The quantitative estimate of drug-likeness (QED) is 0.803. The van der Waals surface area contributed by atoms with E-state index in [2.05, 4.69) is 16.3 Å². The second kappa shape index (κ2) is 5.85. The predicted molar refractivity (Wildman–Crippen MR) is 104 cm³/mol. The molecule has 4 bridgehead atoms. The average molecular weight is 390 g/mol. The highest BCUT2D eigenvalue weighted by atomic mass is 19.1. The van der Waals surface area contributed by atoms with Crippen LogP contribution in [0.25, 0.3) is 0 Å². The molecule has 5 aliphatic rings. The van der Waals surface area contributed by atoms with Crippen LogP contribution < -0.4 is 10.5 Å². The van der Waals surface area contributed by atoms with Crippen LogP contribution in [0.15, 0.2) is 35.7 Å². The van der Waals surface area contributed by atoms with Gasteiger partial charge in [0.2, 0.25) is 11.8 Å². The molecule has 5 nitrogen and oxygen atoms in total. The summed E-state index contributed by atoms with van der Waals surface area (Å²) in [6, 6.07) is 8.80. The van der Waals surface area contributed by atoms with Crippen LogP contribution >= 0.6 is 0 Å². The molecule has 1 aliphatic heterocycles. The molecular weight excluding hydrogens is 367 g/mol. The Hall–Kier alpha value is -2.81. The minimum atomic E-state index is -0.591. The molecule has 4 fully saturated rings. The summed E-state index contributed by atoms with van der Waals surface area (Å²) < 4.78 is 20.6. The molecule has 4 saturated carbocycles. The number of allylic oxidation sites excluding steroid dienone is 1. The predicted octanol–water partition coefficient (Wildman–Crippen LogP) is 4.23. The highest BCUT2D eigenvalue weighted by Gasteiger charge is 2.54. The second-order valence-corrected chi connectivity index (χ2v) is 9.46. The van der Waals surface area contributed by atoms with E-state index in [-0.39, 0.29) is 22.7 Å². The number of fused-ring (bicyclic) bond motifs is 1. The Bertz CT molecular complexity index is 1040. The number of nitrogens with two attached hydrogens (primary N) is 1. The Morgan fingerprint density at radius 3 is 2.41 bits per heavy atom. The fraction of sp³-hybridized carbons (Fsp3) is 0.478. The first-order valence-electron chi connectivity index (χ1n) is 10.5. The van der Waals surface area contributed by atoms with Crippen molar-refractivity contribution in [2.45, 2.75) is 49.9 Å². The normalized spacial score (nSPS) is 34.6. The summed E-state index contributed by atoms with van der Waals surface area (Å²) in [6.45, 7) is 0. The molecule has 1 aromatic heterocycles. The van der Waals surface area contributed by atoms with Crippen LogP contribution in [-0.4, -0.2) is 10.2 Å². The van der Waals surface area contributed by atoms with E-state index in [4.69, 9.17) is 10.5 Å². The lowest BCUT2D eigenvalue weighted by Crippen LogP contribution is -2.49. The first kappa shape index (κ1) is 17.1. The van der Waals surface area contributed by atoms with Gasteiger partial charge in [-0.3, -0.25) is 5.10 Å². The number of H-pyrrole nitrogens is 1. The van der Waals surface area contributed by atoms with Crippen molar-refractivity contribution >= 4 is 0 Å². The highest BCUT2D eigenvalue weighted by Crippen LogP contribution is 2.62. The van der Waals surface area contributed by atoms with Gasteiger partial charge in [0.05, 0.1) is 11.5 Å². The van der Waals surface area contributed by atoms with E-state index in [0.29, 0.717) is 11.4 Å². The van der Waals surface area contributed by atoms with Gasteiger partial charge in [-0.2, -0.15) is 5.26 Å². The van der Waals surface area contributed by atoms with Crippen LogP contribution in [0, 0.1) is 34.9 Å². The van der Waals surface area contributed by atoms with Crippen LogP contribution in [0.4, 0.5) is 4.39 Å². The maximum absolute atomic E-state index is 14.9. The number of hydrogen-bond donors (Lipinski definition) is 2. The standard InChI is InChI=1S/C23H23FN4O/c24-17-4-2-1-3-15(17)18-16(11-25)21(26)29-22-19(18)20(27-28-22)23-8-12-5-13(9-23)7-14(6-12)10-23/h1-4,12-14,18H,5-10,26H2,(H,27,28). The lowest BCUT2D eigenvalue weighted by atomic mass is 9.48. The Morgan fingerprint density at radius 2 is 1.79 bits per heavy atom. The molecule has 1 atom stereocenters. The maximum atomic E-state index is 14.9.